The van der Waals surface area contributed by atoms with Crippen LogP contribution in [0.5, 0.6) is 0 Å². The van der Waals surface area contributed by atoms with E-state index in [4.69, 9.17) is 0 Å². The van der Waals surface area contributed by atoms with Gasteiger partial charge in [0.25, 0.3) is 0 Å². The Labute approximate surface area is 90.8 Å². The lowest BCUT2D eigenvalue weighted by Crippen LogP contribution is -2.11. The van der Waals surface area contributed by atoms with Crippen LogP contribution in [-0.4, -0.2) is 11.5 Å². The third kappa shape index (κ3) is 2.79. The summed E-state index contributed by atoms with van der Waals surface area (Å²) >= 11 is 1.86. The van der Waals surface area contributed by atoms with Gasteiger partial charge in [0.1, 0.15) is 0 Å². The Morgan fingerprint density at radius 2 is 2.14 bits per heavy atom. The molecule has 1 atom stereocenters. The van der Waals surface area contributed by atoms with Gasteiger partial charge in [-0.15, -0.1) is 11.3 Å². The van der Waals surface area contributed by atoms with Gasteiger partial charge < -0.3 is 5.32 Å². The molecule has 2 nitrogen and oxygen atoms in total. The standard InChI is InChI=1S/C11H20N2S/c1-5-8(3)11-13-9(4)10(14-11)7-12-6-2/h8,12H,5-7H2,1-4H3. The summed E-state index contributed by atoms with van der Waals surface area (Å²) in [6.07, 6.45) is 1.17. The smallest absolute Gasteiger partial charge is 0.0959 e. The van der Waals surface area contributed by atoms with E-state index in [1.165, 1.54) is 22.0 Å². The Kier molecular flexibility index (Phi) is 4.55. The van der Waals surface area contributed by atoms with Crippen molar-refractivity contribution >= 4 is 11.3 Å². The molecule has 1 rings (SSSR count). The first-order valence-electron chi connectivity index (χ1n) is 5.35. The van der Waals surface area contributed by atoms with Crippen molar-refractivity contribution in [3.05, 3.63) is 15.6 Å². The highest BCUT2D eigenvalue weighted by Gasteiger charge is 2.11. The molecule has 14 heavy (non-hydrogen) atoms. The quantitative estimate of drug-likeness (QED) is 0.811. The van der Waals surface area contributed by atoms with Gasteiger partial charge in [0, 0.05) is 17.3 Å². The molecule has 0 spiro atoms. The van der Waals surface area contributed by atoms with Gasteiger partial charge in [0.2, 0.25) is 0 Å². The molecule has 1 aromatic rings. The molecule has 3 heteroatoms. The highest BCUT2D eigenvalue weighted by Crippen LogP contribution is 2.26. The lowest BCUT2D eigenvalue weighted by molar-refractivity contribution is 0.721. The van der Waals surface area contributed by atoms with Gasteiger partial charge in [-0.05, 0) is 19.9 Å². The van der Waals surface area contributed by atoms with Crippen LogP contribution in [0.2, 0.25) is 0 Å². The zero-order valence-corrected chi connectivity index (χ0v) is 10.4. The van der Waals surface area contributed by atoms with Crippen LogP contribution in [0.15, 0.2) is 0 Å². The van der Waals surface area contributed by atoms with Crippen LogP contribution in [0.3, 0.4) is 0 Å². The molecule has 0 radical (unpaired) electrons. The van der Waals surface area contributed by atoms with E-state index in [1.54, 1.807) is 0 Å². The molecule has 0 fully saturated rings. The Bertz CT molecular complexity index is 281. The van der Waals surface area contributed by atoms with E-state index in [2.05, 4.69) is 38.0 Å². The average molecular weight is 212 g/mol. The molecule has 1 aromatic heterocycles. The largest absolute Gasteiger partial charge is 0.312 e. The van der Waals surface area contributed by atoms with Crippen molar-refractivity contribution in [3.8, 4) is 0 Å². The summed E-state index contributed by atoms with van der Waals surface area (Å²) in [6.45, 7) is 10.7. The number of hydrogen-bond donors (Lipinski definition) is 1. The molecule has 0 aliphatic carbocycles. The van der Waals surface area contributed by atoms with Crippen molar-refractivity contribution in [1.82, 2.24) is 10.3 Å². The van der Waals surface area contributed by atoms with Crippen LogP contribution in [0.4, 0.5) is 0 Å². The highest BCUT2D eigenvalue weighted by atomic mass is 32.1. The molecule has 1 unspecified atom stereocenters. The topological polar surface area (TPSA) is 24.9 Å². The Morgan fingerprint density at radius 3 is 2.71 bits per heavy atom. The molecule has 1 N–H and O–H groups in total. The summed E-state index contributed by atoms with van der Waals surface area (Å²) in [4.78, 5) is 6.00. The van der Waals surface area contributed by atoms with Crippen LogP contribution in [0, 0.1) is 6.92 Å². The van der Waals surface area contributed by atoms with Gasteiger partial charge in [-0.25, -0.2) is 4.98 Å². The monoisotopic (exact) mass is 212 g/mol. The number of nitrogens with zero attached hydrogens (tertiary/aromatic N) is 1. The molecule has 0 aliphatic rings. The average Bonchev–Trinajstić information content (AvgIpc) is 2.56. The second-order valence-electron chi connectivity index (χ2n) is 3.65. The van der Waals surface area contributed by atoms with E-state index in [0.717, 1.165) is 13.1 Å². The molecule has 80 valence electrons. The number of thiazole rings is 1. The molecule has 0 saturated heterocycles. The summed E-state index contributed by atoms with van der Waals surface area (Å²) in [7, 11) is 0. The van der Waals surface area contributed by atoms with Crippen molar-refractivity contribution in [1.29, 1.82) is 0 Å². The van der Waals surface area contributed by atoms with Crippen molar-refractivity contribution < 1.29 is 0 Å². The van der Waals surface area contributed by atoms with Crippen molar-refractivity contribution in [2.75, 3.05) is 6.54 Å². The van der Waals surface area contributed by atoms with Crippen LogP contribution in [0.25, 0.3) is 0 Å². The predicted molar refractivity (Wildman–Crippen MR) is 62.9 cm³/mol. The van der Waals surface area contributed by atoms with E-state index in [0.29, 0.717) is 5.92 Å². The van der Waals surface area contributed by atoms with Gasteiger partial charge in [0.05, 0.1) is 10.7 Å². The van der Waals surface area contributed by atoms with E-state index >= 15 is 0 Å². The lowest BCUT2D eigenvalue weighted by Gasteiger charge is -2.01. The minimum absolute atomic E-state index is 0.606. The van der Waals surface area contributed by atoms with Gasteiger partial charge in [0.15, 0.2) is 0 Å². The zero-order chi connectivity index (χ0) is 10.6. The molecule has 0 aliphatic heterocycles. The van der Waals surface area contributed by atoms with Gasteiger partial charge in [-0.3, -0.25) is 0 Å². The number of nitrogens with one attached hydrogen (secondary N) is 1. The molecule has 1 heterocycles. The summed E-state index contributed by atoms with van der Waals surface area (Å²) in [5.41, 5.74) is 1.20. The molecular formula is C11H20N2S. The molecule has 0 aromatic carbocycles. The third-order valence-electron chi connectivity index (χ3n) is 2.48. The first-order chi connectivity index (χ1) is 6.69. The second-order valence-corrected chi connectivity index (χ2v) is 4.77. The maximum absolute atomic E-state index is 4.61. The maximum atomic E-state index is 4.61. The molecule has 0 amide bonds. The summed E-state index contributed by atoms with van der Waals surface area (Å²) in [5, 5.41) is 4.64. The lowest BCUT2D eigenvalue weighted by atomic mass is 10.1. The van der Waals surface area contributed by atoms with Crippen LogP contribution in [0.1, 0.15) is 48.7 Å². The second kappa shape index (κ2) is 5.47. The van der Waals surface area contributed by atoms with Crippen molar-refractivity contribution in [2.24, 2.45) is 0 Å². The minimum atomic E-state index is 0.606. The number of rotatable bonds is 5. The first kappa shape index (κ1) is 11.7. The molecular weight excluding hydrogens is 192 g/mol. The van der Waals surface area contributed by atoms with Gasteiger partial charge in [-0.2, -0.15) is 0 Å². The fourth-order valence-electron chi connectivity index (χ4n) is 1.24. The Balaban J connectivity index is 2.71. The van der Waals surface area contributed by atoms with E-state index in [1.807, 2.05) is 11.3 Å². The summed E-state index contributed by atoms with van der Waals surface area (Å²) in [5.74, 6) is 0.606. The van der Waals surface area contributed by atoms with Crippen LogP contribution in [-0.2, 0) is 6.54 Å². The normalized spacial score (nSPS) is 13.1. The van der Waals surface area contributed by atoms with Crippen LogP contribution < -0.4 is 5.32 Å². The Hall–Kier alpha value is -0.410. The minimum Gasteiger partial charge on any atom is -0.312 e. The predicted octanol–water partition coefficient (Wildman–Crippen LogP) is 3.07. The maximum Gasteiger partial charge on any atom is 0.0959 e. The van der Waals surface area contributed by atoms with Gasteiger partial charge in [-0.1, -0.05) is 20.8 Å². The SMILES string of the molecule is CCNCc1sc(C(C)CC)nc1C. The first-order valence-corrected chi connectivity index (χ1v) is 6.17. The van der Waals surface area contributed by atoms with E-state index in [-0.39, 0.29) is 0 Å². The van der Waals surface area contributed by atoms with Crippen molar-refractivity contribution in [2.45, 2.75) is 46.6 Å². The number of aromatic nitrogens is 1. The van der Waals surface area contributed by atoms with Gasteiger partial charge >= 0.3 is 0 Å². The zero-order valence-electron chi connectivity index (χ0n) is 9.55. The van der Waals surface area contributed by atoms with E-state index in [9.17, 15) is 0 Å². The van der Waals surface area contributed by atoms with Crippen molar-refractivity contribution in [3.63, 3.8) is 0 Å². The number of aryl methyl sites for hydroxylation is 1. The molecule has 0 saturated carbocycles. The fraction of sp³-hybridized carbons (Fsp3) is 0.727. The molecule has 0 bridgehead atoms. The highest BCUT2D eigenvalue weighted by molar-refractivity contribution is 7.11. The Morgan fingerprint density at radius 1 is 1.43 bits per heavy atom. The van der Waals surface area contributed by atoms with Crippen LogP contribution >= 0.6 is 11.3 Å². The fourth-order valence-corrected chi connectivity index (χ4v) is 2.41. The third-order valence-corrected chi connectivity index (χ3v) is 3.87. The summed E-state index contributed by atoms with van der Waals surface area (Å²) in [6, 6.07) is 0. The number of hydrogen-bond acceptors (Lipinski definition) is 3. The van der Waals surface area contributed by atoms with E-state index < -0.39 is 0 Å². The summed E-state index contributed by atoms with van der Waals surface area (Å²) < 4.78 is 0.